The molecule has 2 aromatic carbocycles. The minimum Gasteiger partial charge on any atom is -0.508 e. The van der Waals surface area contributed by atoms with E-state index in [-0.39, 0.29) is 24.6 Å². The second-order valence-corrected chi connectivity index (χ2v) is 6.03. The fourth-order valence-electron chi connectivity index (χ4n) is 2.48. The Kier molecular flexibility index (Phi) is 7.11. The van der Waals surface area contributed by atoms with Crippen LogP contribution < -0.4 is 16.0 Å². The highest BCUT2D eigenvalue weighted by atomic mass is 16.3. The smallest absolute Gasteiger partial charge is 0.251 e. The van der Waals surface area contributed by atoms with Crippen LogP contribution in [-0.4, -0.2) is 35.4 Å². The van der Waals surface area contributed by atoms with Crippen LogP contribution in [0.4, 0.5) is 5.69 Å². The zero-order valence-electron chi connectivity index (χ0n) is 15.2. The van der Waals surface area contributed by atoms with Crippen molar-refractivity contribution in [3.8, 4) is 11.8 Å². The highest BCUT2D eigenvalue weighted by Crippen LogP contribution is 2.13. The molecule has 0 aliphatic rings. The van der Waals surface area contributed by atoms with Crippen molar-refractivity contribution in [3.05, 3.63) is 59.7 Å². The number of anilines is 1. The maximum atomic E-state index is 12.5. The number of hydrogen-bond donors (Lipinski definition) is 4. The number of phenolic OH excluding ortho intramolecular Hbond substituents is 1. The van der Waals surface area contributed by atoms with Crippen molar-refractivity contribution in [2.75, 3.05) is 11.9 Å². The number of phenols is 1. The van der Waals surface area contributed by atoms with Crippen LogP contribution >= 0.6 is 0 Å². The largest absolute Gasteiger partial charge is 0.508 e. The van der Waals surface area contributed by atoms with Crippen molar-refractivity contribution in [2.45, 2.75) is 19.4 Å². The summed E-state index contributed by atoms with van der Waals surface area (Å²) in [6.07, 6.45) is 0.188. The number of carbonyl (C=O) groups excluding carboxylic acids is 3. The van der Waals surface area contributed by atoms with Crippen LogP contribution in [0.25, 0.3) is 0 Å². The quantitative estimate of drug-likeness (QED) is 0.538. The molecule has 2 aromatic rings. The lowest BCUT2D eigenvalue weighted by molar-refractivity contribution is -0.122. The highest BCUT2D eigenvalue weighted by molar-refractivity contribution is 5.98. The fraction of sp³-hybridized carbons (Fsp3) is 0.200. The molecule has 4 N–H and O–H groups in total. The Morgan fingerprint density at radius 2 is 1.71 bits per heavy atom. The van der Waals surface area contributed by atoms with E-state index < -0.39 is 17.9 Å². The molecule has 0 aliphatic heterocycles. The van der Waals surface area contributed by atoms with Crippen LogP contribution in [0.2, 0.25) is 0 Å². The maximum absolute atomic E-state index is 12.5. The summed E-state index contributed by atoms with van der Waals surface area (Å²) in [6, 6.07) is 13.4. The van der Waals surface area contributed by atoms with Crippen molar-refractivity contribution in [1.29, 1.82) is 5.26 Å². The van der Waals surface area contributed by atoms with Gasteiger partial charge < -0.3 is 21.1 Å². The lowest BCUT2D eigenvalue weighted by Crippen LogP contribution is -2.48. The van der Waals surface area contributed by atoms with E-state index in [9.17, 15) is 19.5 Å². The van der Waals surface area contributed by atoms with Crippen molar-refractivity contribution >= 4 is 23.4 Å². The van der Waals surface area contributed by atoms with Crippen molar-refractivity contribution < 1.29 is 19.5 Å². The van der Waals surface area contributed by atoms with Gasteiger partial charge in [-0.15, -0.1) is 0 Å². The molecule has 1 unspecified atom stereocenters. The third-order valence-electron chi connectivity index (χ3n) is 3.81. The molecule has 0 bridgehead atoms. The first kappa shape index (κ1) is 20.5. The Morgan fingerprint density at radius 3 is 2.29 bits per heavy atom. The molecule has 0 saturated heterocycles. The number of amides is 3. The van der Waals surface area contributed by atoms with Gasteiger partial charge in [0.15, 0.2) is 0 Å². The molecule has 0 radical (unpaired) electrons. The summed E-state index contributed by atoms with van der Waals surface area (Å²) in [5.74, 6) is -1.08. The Bertz CT molecular complexity index is 886. The van der Waals surface area contributed by atoms with Gasteiger partial charge in [0.2, 0.25) is 11.8 Å². The molecule has 28 heavy (non-hydrogen) atoms. The zero-order chi connectivity index (χ0) is 20.5. The van der Waals surface area contributed by atoms with Crippen LogP contribution in [0.3, 0.4) is 0 Å². The van der Waals surface area contributed by atoms with Gasteiger partial charge in [0.25, 0.3) is 5.91 Å². The zero-order valence-corrected chi connectivity index (χ0v) is 15.2. The minimum absolute atomic E-state index is 0.0949. The van der Waals surface area contributed by atoms with Gasteiger partial charge in [0.05, 0.1) is 6.07 Å². The average molecular weight is 380 g/mol. The van der Waals surface area contributed by atoms with E-state index in [2.05, 4.69) is 16.0 Å². The third-order valence-corrected chi connectivity index (χ3v) is 3.81. The number of nitrogens with zero attached hydrogens (tertiary/aromatic N) is 1. The standard InChI is InChI=1S/C20H20N4O4/c1-13(25)23-16-6-4-15(5-7-16)19(27)24-18(20(28)22-11-10-21)12-14-2-8-17(26)9-3-14/h2-9,18,26H,11-12H2,1H3,(H,22,28)(H,23,25)(H,24,27). The summed E-state index contributed by atoms with van der Waals surface area (Å²) in [5.41, 5.74) is 1.60. The van der Waals surface area contributed by atoms with E-state index in [0.29, 0.717) is 11.3 Å². The summed E-state index contributed by atoms with van der Waals surface area (Å²) in [6.45, 7) is 1.21. The van der Waals surface area contributed by atoms with E-state index in [1.165, 1.54) is 31.2 Å². The molecule has 0 saturated carbocycles. The third kappa shape index (κ3) is 6.14. The van der Waals surface area contributed by atoms with Crippen LogP contribution in [0.1, 0.15) is 22.8 Å². The van der Waals surface area contributed by atoms with Gasteiger partial charge in [-0.2, -0.15) is 5.26 Å². The summed E-state index contributed by atoms with van der Waals surface area (Å²) in [7, 11) is 0. The molecule has 144 valence electrons. The Balaban J connectivity index is 2.12. The first-order valence-corrected chi connectivity index (χ1v) is 8.50. The summed E-state index contributed by atoms with van der Waals surface area (Å²) >= 11 is 0. The number of nitrogens with one attached hydrogen (secondary N) is 3. The fourth-order valence-corrected chi connectivity index (χ4v) is 2.48. The first-order valence-electron chi connectivity index (χ1n) is 8.50. The molecule has 0 fully saturated rings. The molecule has 3 amide bonds. The topological polar surface area (TPSA) is 131 Å². The van der Waals surface area contributed by atoms with Gasteiger partial charge in [-0.1, -0.05) is 12.1 Å². The molecule has 0 aromatic heterocycles. The van der Waals surface area contributed by atoms with Gasteiger partial charge in [0.1, 0.15) is 18.3 Å². The van der Waals surface area contributed by atoms with Gasteiger partial charge in [-0.05, 0) is 42.0 Å². The predicted octanol–water partition coefficient (Wildman–Crippen LogP) is 1.33. The monoisotopic (exact) mass is 380 g/mol. The van der Waals surface area contributed by atoms with E-state index in [1.807, 2.05) is 6.07 Å². The van der Waals surface area contributed by atoms with Gasteiger partial charge in [-0.25, -0.2) is 0 Å². The molecule has 8 heteroatoms. The van der Waals surface area contributed by atoms with E-state index in [0.717, 1.165) is 5.56 Å². The van der Waals surface area contributed by atoms with Gasteiger partial charge >= 0.3 is 0 Å². The highest BCUT2D eigenvalue weighted by Gasteiger charge is 2.21. The van der Waals surface area contributed by atoms with Crippen LogP contribution in [0.5, 0.6) is 5.75 Å². The average Bonchev–Trinajstić information content (AvgIpc) is 2.67. The molecular weight excluding hydrogens is 360 g/mol. The number of hydrogen-bond acceptors (Lipinski definition) is 5. The normalized spacial score (nSPS) is 11.0. The number of rotatable bonds is 7. The maximum Gasteiger partial charge on any atom is 0.251 e. The van der Waals surface area contributed by atoms with E-state index in [4.69, 9.17) is 5.26 Å². The lowest BCUT2D eigenvalue weighted by atomic mass is 10.0. The molecular formula is C20H20N4O4. The number of nitriles is 1. The molecule has 1 atom stereocenters. The lowest BCUT2D eigenvalue weighted by Gasteiger charge is -2.18. The number of aromatic hydroxyl groups is 1. The van der Waals surface area contributed by atoms with Gasteiger partial charge in [-0.3, -0.25) is 14.4 Å². The number of carbonyl (C=O) groups is 3. The van der Waals surface area contributed by atoms with E-state index in [1.54, 1.807) is 24.3 Å². The van der Waals surface area contributed by atoms with Crippen LogP contribution in [0.15, 0.2) is 48.5 Å². The molecule has 2 rings (SSSR count). The molecule has 8 nitrogen and oxygen atoms in total. The summed E-state index contributed by atoms with van der Waals surface area (Å²) in [5, 5.41) is 25.7. The molecule has 0 aliphatic carbocycles. The SMILES string of the molecule is CC(=O)Nc1ccc(C(=O)NC(Cc2ccc(O)cc2)C(=O)NCC#N)cc1. The summed E-state index contributed by atoms with van der Waals surface area (Å²) < 4.78 is 0. The Hall–Kier alpha value is -3.86. The second-order valence-electron chi connectivity index (χ2n) is 6.03. The summed E-state index contributed by atoms with van der Waals surface area (Å²) in [4.78, 5) is 35.9. The van der Waals surface area contributed by atoms with Crippen molar-refractivity contribution in [1.82, 2.24) is 10.6 Å². The Morgan fingerprint density at radius 1 is 1.07 bits per heavy atom. The Labute approximate surface area is 162 Å². The second kappa shape index (κ2) is 9.73. The first-order chi connectivity index (χ1) is 13.4. The van der Waals surface area contributed by atoms with Crippen molar-refractivity contribution in [3.63, 3.8) is 0 Å². The molecule has 0 spiro atoms. The van der Waals surface area contributed by atoms with Crippen molar-refractivity contribution in [2.24, 2.45) is 0 Å². The predicted molar refractivity (Wildman–Crippen MR) is 102 cm³/mol. The minimum atomic E-state index is -0.902. The number of benzene rings is 2. The van der Waals surface area contributed by atoms with E-state index >= 15 is 0 Å². The van der Waals surface area contributed by atoms with Crippen LogP contribution in [0, 0.1) is 11.3 Å². The molecule has 0 heterocycles. The van der Waals surface area contributed by atoms with Gasteiger partial charge in [0, 0.05) is 24.6 Å². The van der Waals surface area contributed by atoms with Crippen LogP contribution in [-0.2, 0) is 16.0 Å².